The molecule has 0 spiro atoms. The number of nitrogens with zero attached hydrogens (tertiary/aromatic N) is 1. The van der Waals surface area contributed by atoms with E-state index in [1.807, 2.05) is 34.9 Å². The van der Waals surface area contributed by atoms with Crippen LogP contribution in [0.5, 0.6) is 0 Å². The normalized spacial score (nSPS) is 27.0. The molecule has 5 nitrogen and oxygen atoms in total. The predicted molar refractivity (Wildman–Crippen MR) is 113 cm³/mol. The van der Waals surface area contributed by atoms with Gasteiger partial charge in [-0.1, -0.05) is 41.5 Å². The van der Waals surface area contributed by atoms with Crippen LogP contribution in [0.4, 0.5) is 0 Å². The molecule has 0 unspecified atom stereocenters. The zero-order valence-corrected chi connectivity index (χ0v) is 20.7. The number of hydrogen-bond acceptors (Lipinski definition) is 4. The molecule has 5 atom stereocenters. The molecule has 6 heteroatoms. The summed E-state index contributed by atoms with van der Waals surface area (Å²) in [5, 5.41) is 0.0767. The van der Waals surface area contributed by atoms with E-state index in [1.165, 1.54) is 0 Å². The van der Waals surface area contributed by atoms with Crippen molar-refractivity contribution in [2.75, 3.05) is 20.7 Å². The van der Waals surface area contributed by atoms with Crippen molar-refractivity contribution >= 4 is 14.2 Å². The van der Waals surface area contributed by atoms with Gasteiger partial charge in [0.25, 0.3) is 0 Å². The van der Waals surface area contributed by atoms with Crippen LogP contribution < -0.4 is 0 Å². The summed E-state index contributed by atoms with van der Waals surface area (Å²) in [6.07, 6.45) is -0.205. The van der Waals surface area contributed by atoms with E-state index in [9.17, 15) is 4.79 Å². The number of carbonyl (C=O) groups excluding carboxylic acids is 1. The highest BCUT2D eigenvalue weighted by Gasteiger charge is 2.47. The van der Waals surface area contributed by atoms with Crippen molar-refractivity contribution in [2.45, 2.75) is 91.5 Å². The van der Waals surface area contributed by atoms with Crippen LogP contribution >= 0.6 is 0 Å². The first-order valence-corrected chi connectivity index (χ1v) is 13.1. The Balaban J connectivity index is 3.21. The summed E-state index contributed by atoms with van der Waals surface area (Å²) in [7, 11) is 1.57. The zero-order valence-electron chi connectivity index (χ0n) is 19.7. The van der Waals surface area contributed by atoms with Crippen molar-refractivity contribution in [3.8, 4) is 0 Å². The van der Waals surface area contributed by atoms with Crippen molar-refractivity contribution in [1.82, 2.24) is 4.90 Å². The molecule has 0 aliphatic carbocycles. The fourth-order valence-electron chi connectivity index (χ4n) is 3.45. The molecule has 0 aromatic rings. The van der Waals surface area contributed by atoms with Gasteiger partial charge in [0.2, 0.25) is 5.91 Å². The maximum atomic E-state index is 12.8. The summed E-state index contributed by atoms with van der Waals surface area (Å²) >= 11 is 0. The molecule has 1 heterocycles. The Hall–Kier alpha value is -0.433. The molecular weight excluding hydrogens is 358 g/mol. The zero-order chi connectivity index (χ0) is 21.4. The van der Waals surface area contributed by atoms with E-state index in [2.05, 4.69) is 47.7 Å². The summed E-state index contributed by atoms with van der Waals surface area (Å²) in [5.74, 6) is -0.409. The van der Waals surface area contributed by atoms with E-state index in [4.69, 9.17) is 13.9 Å². The molecule has 0 aromatic carbocycles. The van der Waals surface area contributed by atoms with E-state index in [0.29, 0.717) is 6.61 Å². The van der Waals surface area contributed by atoms with Gasteiger partial charge < -0.3 is 18.8 Å². The molecule has 1 fully saturated rings. The maximum absolute atomic E-state index is 12.8. The molecule has 1 aliphatic heterocycles. The van der Waals surface area contributed by atoms with Gasteiger partial charge in [-0.25, -0.2) is 0 Å². The highest BCUT2D eigenvalue weighted by Crippen LogP contribution is 2.41. The van der Waals surface area contributed by atoms with E-state index < -0.39 is 14.1 Å². The lowest BCUT2D eigenvalue weighted by molar-refractivity contribution is -0.304. The number of carbonyl (C=O) groups is 1. The average Bonchev–Trinajstić information content (AvgIpc) is 2.51. The van der Waals surface area contributed by atoms with Crippen molar-refractivity contribution in [1.29, 1.82) is 0 Å². The van der Waals surface area contributed by atoms with E-state index >= 15 is 0 Å². The fourth-order valence-corrected chi connectivity index (χ4v) is 4.90. The Morgan fingerprint density at radius 1 is 1.22 bits per heavy atom. The first kappa shape index (κ1) is 24.6. The van der Waals surface area contributed by atoms with Crippen LogP contribution in [-0.4, -0.2) is 57.8 Å². The maximum Gasteiger partial charge on any atom is 0.227 e. The highest BCUT2D eigenvalue weighted by atomic mass is 28.4. The largest absolute Gasteiger partial charge is 0.413 e. The lowest BCUT2D eigenvalue weighted by Gasteiger charge is -2.48. The number of amides is 1. The van der Waals surface area contributed by atoms with Gasteiger partial charge in [0.1, 0.15) is 0 Å². The molecule has 27 heavy (non-hydrogen) atoms. The van der Waals surface area contributed by atoms with Crippen LogP contribution in [0.3, 0.4) is 0 Å². The van der Waals surface area contributed by atoms with Crippen LogP contribution in [0.2, 0.25) is 18.1 Å². The van der Waals surface area contributed by atoms with Crippen LogP contribution in [0, 0.1) is 17.8 Å². The van der Waals surface area contributed by atoms with E-state index in [1.54, 1.807) is 4.90 Å². The first-order chi connectivity index (χ1) is 12.0. The molecule has 1 amide bonds. The Labute approximate surface area is 168 Å². The minimum Gasteiger partial charge on any atom is -0.413 e. The smallest absolute Gasteiger partial charge is 0.227 e. The second-order valence-corrected chi connectivity index (χ2v) is 15.3. The van der Waals surface area contributed by atoms with Crippen LogP contribution in [-0.2, 0) is 18.7 Å². The monoisotopic (exact) mass is 401 g/mol. The van der Waals surface area contributed by atoms with Gasteiger partial charge in [-0.3, -0.25) is 4.79 Å². The Morgan fingerprint density at radius 2 is 1.74 bits per heavy atom. The summed E-state index contributed by atoms with van der Waals surface area (Å²) in [6, 6.07) is 0. The Kier molecular flexibility index (Phi) is 7.76. The molecule has 0 radical (unpaired) electrons. The Bertz CT molecular complexity index is 513. The van der Waals surface area contributed by atoms with Crippen molar-refractivity contribution in [3.05, 3.63) is 0 Å². The van der Waals surface area contributed by atoms with Gasteiger partial charge in [0, 0.05) is 25.9 Å². The van der Waals surface area contributed by atoms with Crippen molar-refractivity contribution in [3.63, 3.8) is 0 Å². The summed E-state index contributed by atoms with van der Waals surface area (Å²) < 4.78 is 19.0. The third-order valence-electron chi connectivity index (χ3n) is 6.27. The topological polar surface area (TPSA) is 48.0 Å². The molecule has 160 valence electrons. The molecule has 0 bridgehead atoms. The van der Waals surface area contributed by atoms with Gasteiger partial charge in [-0.05, 0) is 32.0 Å². The van der Waals surface area contributed by atoms with Gasteiger partial charge in [0.05, 0.1) is 24.7 Å². The fraction of sp³-hybridized carbons (Fsp3) is 0.952. The predicted octanol–water partition coefficient (Wildman–Crippen LogP) is 4.52. The van der Waals surface area contributed by atoms with Crippen molar-refractivity contribution in [2.24, 2.45) is 17.8 Å². The summed E-state index contributed by atoms with van der Waals surface area (Å²) in [6.45, 7) is 22.1. The second-order valence-electron chi connectivity index (χ2n) is 10.5. The summed E-state index contributed by atoms with van der Waals surface area (Å²) in [5.41, 5.74) is 0. The summed E-state index contributed by atoms with van der Waals surface area (Å²) in [4.78, 5) is 14.5. The van der Waals surface area contributed by atoms with Gasteiger partial charge >= 0.3 is 0 Å². The third kappa shape index (κ3) is 6.02. The SMILES string of the molecule is C[C@@H]([C@@H]1OC(C)(C)OC[C@H]1C)[C@H](O[Si](C)(C)C(C)(C)C)[C@H](C)C(=O)N(C)C. The first-order valence-electron chi connectivity index (χ1n) is 10.2. The Morgan fingerprint density at radius 3 is 2.19 bits per heavy atom. The van der Waals surface area contributed by atoms with Gasteiger partial charge in [0.15, 0.2) is 14.1 Å². The van der Waals surface area contributed by atoms with Crippen LogP contribution in [0.15, 0.2) is 0 Å². The number of rotatable bonds is 6. The minimum atomic E-state index is -2.05. The lowest BCUT2D eigenvalue weighted by Crippen LogP contribution is -2.55. The molecule has 1 rings (SSSR count). The van der Waals surface area contributed by atoms with Crippen molar-refractivity contribution < 1.29 is 18.7 Å². The van der Waals surface area contributed by atoms with E-state index in [0.717, 1.165) is 0 Å². The standard InChI is InChI=1S/C21H43NO4Si/c1-14-13-24-21(7,8)25-17(14)15(2)18(16(3)19(23)22(9)10)26-27(11,12)20(4,5)6/h14-18H,13H2,1-12H3/t14-,15+,16+,17-,18+/m1/s1. The molecule has 0 saturated carbocycles. The second kappa shape index (κ2) is 8.52. The average molecular weight is 402 g/mol. The molecule has 1 aliphatic rings. The molecular formula is C21H43NO4Si. The van der Waals surface area contributed by atoms with Crippen LogP contribution in [0.25, 0.3) is 0 Å². The molecule has 0 aromatic heterocycles. The number of hydrogen-bond donors (Lipinski definition) is 0. The third-order valence-corrected chi connectivity index (χ3v) is 10.7. The quantitative estimate of drug-likeness (QED) is 0.614. The molecule has 1 saturated heterocycles. The van der Waals surface area contributed by atoms with Crippen LogP contribution in [0.1, 0.15) is 55.4 Å². The van der Waals surface area contributed by atoms with E-state index in [-0.39, 0.29) is 40.9 Å². The van der Waals surface area contributed by atoms with Gasteiger partial charge in [-0.2, -0.15) is 0 Å². The number of ether oxygens (including phenoxy) is 2. The molecule has 0 N–H and O–H groups in total. The lowest BCUT2D eigenvalue weighted by atomic mass is 9.83. The van der Waals surface area contributed by atoms with Gasteiger partial charge in [-0.15, -0.1) is 0 Å². The minimum absolute atomic E-state index is 0.0130. The highest BCUT2D eigenvalue weighted by molar-refractivity contribution is 6.74.